The Kier molecular flexibility index (Phi) is 8.61. The quantitative estimate of drug-likeness (QED) is 0.351. The number of amides is 2. The Morgan fingerprint density at radius 2 is 2.00 bits per heavy atom. The van der Waals surface area contributed by atoms with E-state index < -0.39 is 0 Å². The average molecular weight is 503 g/mol. The van der Waals surface area contributed by atoms with Crippen LogP contribution in [0, 0.1) is 5.92 Å². The first-order valence-corrected chi connectivity index (χ1v) is 13.3. The Balaban J connectivity index is 1.31. The molecule has 2 aromatic heterocycles. The Labute approximate surface area is 209 Å². The van der Waals surface area contributed by atoms with Crippen molar-refractivity contribution in [3.05, 3.63) is 41.3 Å². The third kappa shape index (κ3) is 6.60. The highest BCUT2D eigenvalue weighted by Gasteiger charge is 2.33. The normalized spacial score (nSPS) is 19.2. The van der Waals surface area contributed by atoms with Crippen molar-refractivity contribution >= 4 is 41.0 Å². The van der Waals surface area contributed by atoms with E-state index in [1.54, 1.807) is 12.3 Å². The van der Waals surface area contributed by atoms with Gasteiger partial charge in [-0.1, -0.05) is 48.7 Å². The van der Waals surface area contributed by atoms with Crippen molar-refractivity contribution in [1.29, 1.82) is 0 Å². The largest absolute Gasteiger partial charge is 0.353 e. The van der Waals surface area contributed by atoms with Gasteiger partial charge >= 0.3 is 0 Å². The number of hydrogen-bond acceptors (Lipinski definition) is 7. The molecule has 2 fully saturated rings. The van der Waals surface area contributed by atoms with E-state index in [-0.39, 0.29) is 23.6 Å². The SMILES string of the molecule is CC1CN(c2cc(Cl)nc(SCC(=O)NCc3ccccn3)n2)CCN1C(=O)C1CCCCC1. The van der Waals surface area contributed by atoms with E-state index in [2.05, 4.69) is 32.1 Å². The average Bonchev–Trinajstić information content (AvgIpc) is 2.86. The summed E-state index contributed by atoms with van der Waals surface area (Å²) in [6, 6.07) is 7.44. The second-order valence-electron chi connectivity index (χ2n) is 8.88. The number of carbonyl (C=O) groups excluding carboxylic acids is 2. The summed E-state index contributed by atoms with van der Waals surface area (Å²) in [5.41, 5.74) is 0.803. The topological polar surface area (TPSA) is 91.3 Å². The molecule has 1 aliphatic carbocycles. The van der Waals surface area contributed by atoms with Gasteiger partial charge in [-0.05, 0) is 31.9 Å². The maximum atomic E-state index is 13.0. The fraction of sp³-hybridized carbons (Fsp3) is 0.542. The van der Waals surface area contributed by atoms with Crippen LogP contribution in [0.5, 0.6) is 0 Å². The third-order valence-corrected chi connectivity index (χ3v) is 7.42. The molecule has 0 spiro atoms. The van der Waals surface area contributed by atoms with E-state index in [4.69, 9.17) is 11.6 Å². The molecule has 34 heavy (non-hydrogen) atoms. The number of anilines is 1. The number of thioether (sulfide) groups is 1. The van der Waals surface area contributed by atoms with Gasteiger partial charge in [0.05, 0.1) is 18.0 Å². The summed E-state index contributed by atoms with van der Waals surface area (Å²) < 4.78 is 0. The Morgan fingerprint density at radius 1 is 1.18 bits per heavy atom. The number of halogens is 1. The summed E-state index contributed by atoms with van der Waals surface area (Å²) in [4.78, 5) is 42.6. The van der Waals surface area contributed by atoms with Crippen LogP contribution >= 0.6 is 23.4 Å². The Hall–Kier alpha value is -2.39. The van der Waals surface area contributed by atoms with E-state index >= 15 is 0 Å². The minimum absolute atomic E-state index is 0.102. The molecule has 182 valence electrons. The van der Waals surface area contributed by atoms with Gasteiger partial charge in [-0.3, -0.25) is 14.6 Å². The molecule has 2 amide bonds. The van der Waals surface area contributed by atoms with E-state index in [0.29, 0.717) is 42.4 Å². The molecule has 1 unspecified atom stereocenters. The first kappa shape index (κ1) is 24.7. The molecule has 0 aromatic carbocycles. The molecular formula is C24H31ClN6O2S. The maximum absolute atomic E-state index is 13.0. The molecule has 3 heterocycles. The van der Waals surface area contributed by atoms with Gasteiger partial charge in [0.25, 0.3) is 0 Å². The molecule has 0 bridgehead atoms. The monoisotopic (exact) mass is 502 g/mol. The zero-order valence-corrected chi connectivity index (χ0v) is 21.0. The van der Waals surface area contributed by atoms with E-state index in [1.807, 2.05) is 23.1 Å². The van der Waals surface area contributed by atoms with Gasteiger partial charge in [0.15, 0.2) is 5.16 Å². The summed E-state index contributed by atoms with van der Waals surface area (Å²) in [6.45, 7) is 4.54. The number of nitrogens with one attached hydrogen (secondary N) is 1. The first-order valence-electron chi connectivity index (χ1n) is 11.9. The minimum atomic E-state index is -0.121. The predicted molar refractivity (Wildman–Crippen MR) is 134 cm³/mol. The van der Waals surface area contributed by atoms with Crippen molar-refractivity contribution in [2.24, 2.45) is 5.92 Å². The number of aromatic nitrogens is 3. The smallest absolute Gasteiger partial charge is 0.230 e. The minimum Gasteiger partial charge on any atom is -0.353 e. The fourth-order valence-corrected chi connectivity index (χ4v) is 5.47. The van der Waals surface area contributed by atoms with Gasteiger partial charge in [-0.15, -0.1) is 0 Å². The summed E-state index contributed by atoms with van der Waals surface area (Å²) in [6.07, 6.45) is 7.29. The van der Waals surface area contributed by atoms with Crippen LogP contribution in [0.2, 0.25) is 5.15 Å². The second-order valence-corrected chi connectivity index (χ2v) is 10.2. The van der Waals surface area contributed by atoms with Crippen molar-refractivity contribution < 1.29 is 9.59 Å². The molecular weight excluding hydrogens is 472 g/mol. The van der Waals surface area contributed by atoms with Crippen LogP contribution in [-0.2, 0) is 16.1 Å². The molecule has 1 N–H and O–H groups in total. The fourth-order valence-electron chi connectivity index (χ4n) is 4.56. The van der Waals surface area contributed by atoms with Crippen molar-refractivity contribution in [1.82, 2.24) is 25.2 Å². The van der Waals surface area contributed by atoms with Crippen LogP contribution < -0.4 is 10.2 Å². The molecule has 1 atom stereocenters. The number of piperazine rings is 1. The lowest BCUT2D eigenvalue weighted by Crippen LogP contribution is -2.55. The van der Waals surface area contributed by atoms with Gasteiger partial charge in [0.1, 0.15) is 11.0 Å². The molecule has 4 rings (SSSR count). The lowest BCUT2D eigenvalue weighted by atomic mass is 9.88. The molecule has 10 heteroatoms. The third-order valence-electron chi connectivity index (χ3n) is 6.38. The zero-order chi connectivity index (χ0) is 23.9. The number of hydrogen-bond donors (Lipinski definition) is 1. The lowest BCUT2D eigenvalue weighted by molar-refractivity contribution is -0.139. The highest BCUT2D eigenvalue weighted by molar-refractivity contribution is 7.99. The van der Waals surface area contributed by atoms with Gasteiger partial charge in [0.2, 0.25) is 11.8 Å². The van der Waals surface area contributed by atoms with Crippen molar-refractivity contribution in [3.8, 4) is 0 Å². The van der Waals surface area contributed by atoms with E-state index in [9.17, 15) is 9.59 Å². The van der Waals surface area contributed by atoms with E-state index in [1.165, 1.54) is 18.2 Å². The highest BCUT2D eigenvalue weighted by atomic mass is 35.5. The van der Waals surface area contributed by atoms with Crippen LogP contribution in [0.1, 0.15) is 44.7 Å². The number of nitrogens with zero attached hydrogens (tertiary/aromatic N) is 5. The van der Waals surface area contributed by atoms with E-state index in [0.717, 1.165) is 37.2 Å². The molecule has 1 aliphatic heterocycles. The van der Waals surface area contributed by atoms with Crippen LogP contribution in [-0.4, -0.2) is 63.1 Å². The zero-order valence-electron chi connectivity index (χ0n) is 19.5. The molecule has 1 saturated carbocycles. The summed E-state index contributed by atoms with van der Waals surface area (Å²) in [5, 5.41) is 3.66. The van der Waals surface area contributed by atoms with Gasteiger partial charge in [-0.2, -0.15) is 0 Å². The van der Waals surface area contributed by atoms with Gasteiger partial charge in [0, 0.05) is 43.9 Å². The molecule has 0 radical (unpaired) electrons. The molecule has 1 saturated heterocycles. The second kappa shape index (κ2) is 11.8. The molecule has 2 aliphatic rings. The predicted octanol–water partition coefficient (Wildman–Crippen LogP) is 3.55. The lowest BCUT2D eigenvalue weighted by Gasteiger charge is -2.42. The Morgan fingerprint density at radius 3 is 2.74 bits per heavy atom. The number of rotatable bonds is 7. The summed E-state index contributed by atoms with van der Waals surface area (Å²) >= 11 is 7.53. The van der Waals surface area contributed by atoms with Gasteiger partial charge in [-0.25, -0.2) is 9.97 Å². The highest BCUT2D eigenvalue weighted by Crippen LogP contribution is 2.28. The van der Waals surface area contributed by atoms with Crippen LogP contribution in [0.25, 0.3) is 0 Å². The van der Waals surface area contributed by atoms with Gasteiger partial charge < -0.3 is 15.1 Å². The number of pyridine rings is 1. The van der Waals surface area contributed by atoms with Crippen LogP contribution in [0.4, 0.5) is 5.82 Å². The molecule has 8 nitrogen and oxygen atoms in total. The standard InChI is InChI=1S/C24H31ClN6O2S/c1-17-15-30(11-12-31(17)23(33)18-7-3-2-4-8-18)21-13-20(25)28-24(29-21)34-16-22(32)27-14-19-9-5-6-10-26-19/h5-6,9-10,13,17-18H,2-4,7-8,11-12,14-16H2,1H3,(H,27,32). The summed E-state index contributed by atoms with van der Waals surface area (Å²) in [5.74, 6) is 1.29. The van der Waals surface area contributed by atoms with Crippen molar-refractivity contribution in [2.75, 3.05) is 30.3 Å². The maximum Gasteiger partial charge on any atom is 0.230 e. The molecule has 2 aromatic rings. The van der Waals surface area contributed by atoms with Crippen molar-refractivity contribution in [3.63, 3.8) is 0 Å². The van der Waals surface area contributed by atoms with Crippen LogP contribution in [0.15, 0.2) is 35.6 Å². The Bertz CT molecular complexity index is 989. The first-order chi connectivity index (χ1) is 16.5. The summed E-state index contributed by atoms with van der Waals surface area (Å²) in [7, 11) is 0. The number of carbonyl (C=O) groups is 2. The van der Waals surface area contributed by atoms with Crippen molar-refractivity contribution in [2.45, 2.75) is 56.8 Å². The van der Waals surface area contributed by atoms with Crippen LogP contribution in [0.3, 0.4) is 0 Å².